The molecule has 0 unspecified atom stereocenters. The Kier molecular flexibility index (Phi) is 3.74. The lowest BCUT2D eigenvalue weighted by atomic mass is 10.1. The maximum atomic E-state index is 11.3. The van der Waals surface area contributed by atoms with Crippen LogP contribution in [0.1, 0.15) is 39.8 Å². The normalized spacial score (nSPS) is 10.7. The number of hydrogen-bond donors (Lipinski definition) is 0. The van der Waals surface area contributed by atoms with Gasteiger partial charge in [0, 0.05) is 23.5 Å². The molecular formula is C16H18NO2-. The van der Waals surface area contributed by atoms with E-state index in [-0.39, 0.29) is 0 Å². The first-order valence-corrected chi connectivity index (χ1v) is 6.50. The smallest absolute Gasteiger partial charge is 0.0736 e. The third kappa shape index (κ3) is 2.41. The van der Waals surface area contributed by atoms with Crippen molar-refractivity contribution < 1.29 is 9.90 Å². The molecular weight excluding hydrogens is 238 g/mol. The van der Waals surface area contributed by atoms with Gasteiger partial charge in [-0.1, -0.05) is 37.3 Å². The van der Waals surface area contributed by atoms with Crippen LogP contribution in [-0.4, -0.2) is 10.5 Å². The number of rotatable bonds is 4. The zero-order chi connectivity index (χ0) is 14.0. The second-order valence-electron chi connectivity index (χ2n) is 4.74. The SMILES string of the molecule is CCc1c(C)c(C(=O)[O-])c(C)n1Cc1ccccc1. The molecule has 1 aromatic heterocycles. The number of aromatic carboxylic acids is 1. The Morgan fingerprint density at radius 3 is 2.37 bits per heavy atom. The van der Waals surface area contributed by atoms with E-state index in [9.17, 15) is 9.90 Å². The van der Waals surface area contributed by atoms with E-state index in [1.54, 1.807) is 0 Å². The van der Waals surface area contributed by atoms with Crippen LogP contribution in [0, 0.1) is 13.8 Å². The van der Waals surface area contributed by atoms with Gasteiger partial charge in [0.2, 0.25) is 0 Å². The Balaban J connectivity index is 2.51. The van der Waals surface area contributed by atoms with Crippen molar-refractivity contribution in [2.45, 2.75) is 33.7 Å². The molecule has 0 N–H and O–H groups in total. The van der Waals surface area contributed by atoms with Crippen molar-refractivity contribution in [2.24, 2.45) is 0 Å². The molecule has 2 aromatic rings. The van der Waals surface area contributed by atoms with Gasteiger partial charge in [-0.25, -0.2) is 0 Å². The summed E-state index contributed by atoms with van der Waals surface area (Å²) in [4.78, 5) is 11.3. The van der Waals surface area contributed by atoms with Crippen molar-refractivity contribution in [3.63, 3.8) is 0 Å². The van der Waals surface area contributed by atoms with Gasteiger partial charge in [-0.05, 0) is 31.4 Å². The van der Waals surface area contributed by atoms with E-state index in [1.165, 1.54) is 5.56 Å². The Labute approximate surface area is 113 Å². The van der Waals surface area contributed by atoms with Gasteiger partial charge in [-0.2, -0.15) is 0 Å². The number of aromatic nitrogens is 1. The molecule has 0 spiro atoms. The Hall–Kier alpha value is -2.03. The zero-order valence-electron chi connectivity index (χ0n) is 11.6. The third-order valence-corrected chi connectivity index (χ3v) is 3.62. The summed E-state index contributed by atoms with van der Waals surface area (Å²) in [5.41, 5.74) is 4.18. The third-order valence-electron chi connectivity index (χ3n) is 3.62. The lowest BCUT2D eigenvalue weighted by Gasteiger charge is -2.11. The minimum absolute atomic E-state index is 0.341. The summed E-state index contributed by atoms with van der Waals surface area (Å²) in [6.45, 7) is 6.45. The van der Waals surface area contributed by atoms with Crippen molar-refractivity contribution >= 4 is 5.97 Å². The van der Waals surface area contributed by atoms with Crippen LogP contribution in [-0.2, 0) is 13.0 Å². The molecule has 0 saturated carbocycles. The minimum Gasteiger partial charge on any atom is -0.545 e. The number of carboxylic acid groups (broad SMARTS) is 1. The first-order valence-electron chi connectivity index (χ1n) is 6.50. The highest BCUT2D eigenvalue weighted by atomic mass is 16.4. The lowest BCUT2D eigenvalue weighted by Crippen LogP contribution is -2.23. The fourth-order valence-corrected chi connectivity index (χ4v) is 2.69. The largest absolute Gasteiger partial charge is 0.545 e. The topological polar surface area (TPSA) is 45.1 Å². The van der Waals surface area contributed by atoms with Crippen molar-refractivity contribution in [3.05, 3.63) is 58.4 Å². The van der Waals surface area contributed by atoms with Crippen LogP contribution in [0.25, 0.3) is 0 Å². The van der Waals surface area contributed by atoms with Gasteiger partial charge in [0.15, 0.2) is 0 Å². The van der Waals surface area contributed by atoms with E-state index < -0.39 is 5.97 Å². The molecule has 0 aliphatic rings. The predicted molar refractivity (Wildman–Crippen MR) is 73.2 cm³/mol. The molecule has 3 heteroatoms. The van der Waals surface area contributed by atoms with E-state index in [0.717, 1.165) is 23.4 Å². The number of nitrogens with zero attached hydrogens (tertiary/aromatic N) is 1. The Morgan fingerprint density at radius 2 is 1.84 bits per heavy atom. The summed E-state index contributed by atoms with van der Waals surface area (Å²) in [7, 11) is 0. The maximum Gasteiger partial charge on any atom is 0.0736 e. The van der Waals surface area contributed by atoms with E-state index in [1.807, 2.05) is 51.1 Å². The van der Waals surface area contributed by atoms with Crippen LogP contribution in [0.15, 0.2) is 30.3 Å². The van der Waals surface area contributed by atoms with Crippen molar-refractivity contribution in [2.75, 3.05) is 0 Å². The van der Waals surface area contributed by atoms with Crippen LogP contribution in [0.3, 0.4) is 0 Å². The predicted octanol–water partition coefficient (Wildman–Crippen LogP) is 2.08. The first kappa shape index (κ1) is 13.4. The van der Waals surface area contributed by atoms with Gasteiger partial charge < -0.3 is 14.5 Å². The van der Waals surface area contributed by atoms with Gasteiger partial charge in [0.05, 0.1) is 5.97 Å². The standard InChI is InChI=1S/C16H19NO2/c1-4-14-11(2)15(16(18)19)12(3)17(14)10-13-8-6-5-7-9-13/h5-9H,4,10H2,1-3H3,(H,18,19)/p-1. The summed E-state index contributed by atoms with van der Waals surface area (Å²) in [6.07, 6.45) is 0.812. The van der Waals surface area contributed by atoms with Crippen LogP contribution in [0.4, 0.5) is 0 Å². The molecule has 0 amide bonds. The number of carboxylic acids is 1. The van der Waals surface area contributed by atoms with E-state index in [4.69, 9.17) is 0 Å². The number of carbonyl (C=O) groups is 1. The molecule has 0 fully saturated rings. The fourth-order valence-electron chi connectivity index (χ4n) is 2.69. The van der Waals surface area contributed by atoms with Crippen LogP contribution < -0.4 is 5.11 Å². The van der Waals surface area contributed by atoms with Gasteiger partial charge >= 0.3 is 0 Å². The van der Waals surface area contributed by atoms with Crippen LogP contribution in [0.5, 0.6) is 0 Å². The zero-order valence-corrected chi connectivity index (χ0v) is 11.6. The summed E-state index contributed by atoms with van der Waals surface area (Å²) < 4.78 is 2.08. The maximum absolute atomic E-state index is 11.3. The molecule has 0 aliphatic heterocycles. The van der Waals surface area contributed by atoms with Crippen molar-refractivity contribution in [1.29, 1.82) is 0 Å². The molecule has 1 heterocycles. The Morgan fingerprint density at radius 1 is 1.21 bits per heavy atom. The molecule has 1 aromatic carbocycles. The van der Waals surface area contributed by atoms with E-state index in [0.29, 0.717) is 12.1 Å². The number of carbonyl (C=O) groups excluding carboxylic acids is 1. The van der Waals surface area contributed by atoms with Crippen LogP contribution >= 0.6 is 0 Å². The lowest BCUT2D eigenvalue weighted by molar-refractivity contribution is -0.255. The quantitative estimate of drug-likeness (QED) is 0.840. The molecule has 0 bridgehead atoms. The second-order valence-corrected chi connectivity index (χ2v) is 4.74. The molecule has 0 saturated heterocycles. The highest BCUT2D eigenvalue weighted by molar-refractivity contribution is 5.89. The first-order chi connectivity index (χ1) is 9.06. The van der Waals surface area contributed by atoms with Crippen LogP contribution in [0.2, 0.25) is 0 Å². The monoisotopic (exact) mass is 256 g/mol. The minimum atomic E-state index is -1.09. The molecule has 19 heavy (non-hydrogen) atoms. The average molecular weight is 256 g/mol. The van der Waals surface area contributed by atoms with Gasteiger partial charge in [0.25, 0.3) is 0 Å². The van der Waals surface area contributed by atoms with E-state index >= 15 is 0 Å². The second kappa shape index (κ2) is 5.31. The highest BCUT2D eigenvalue weighted by Crippen LogP contribution is 2.23. The fraction of sp³-hybridized carbons (Fsp3) is 0.312. The average Bonchev–Trinajstić information content (AvgIpc) is 2.62. The molecule has 0 aliphatic carbocycles. The van der Waals surface area contributed by atoms with Crippen molar-refractivity contribution in [1.82, 2.24) is 4.57 Å². The van der Waals surface area contributed by atoms with E-state index in [2.05, 4.69) is 4.57 Å². The summed E-state index contributed by atoms with van der Waals surface area (Å²) >= 11 is 0. The molecule has 0 atom stereocenters. The van der Waals surface area contributed by atoms with Gasteiger partial charge in [0.1, 0.15) is 0 Å². The Bertz CT molecular complexity index is 597. The van der Waals surface area contributed by atoms with Gasteiger partial charge in [-0.15, -0.1) is 0 Å². The molecule has 0 radical (unpaired) electrons. The summed E-state index contributed by atoms with van der Waals surface area (Å²) in [5, 5.41) is 11.3. The summed E-state index contributed by atoms with van der Waals surface area (Å²) in [6, 6.07) is 10.1. The van der Waals surface area contributed by atoms with Gasteiger partial charge in [-0.3, -0.25) is 0 Å². The molecule has 3 nitrogen and oxygen atoms in total. The van der Waals surface area contributed by atoms with Crippen molar-refractivity contribution in [3.8, 4) is 0 Å². The number of benzene rings is 1. The molecule has 2 rings (SSSR count). The number of hydrogen-bond acceptors (Lipinski definition) is 2. The summed E-state index contributed by atoms with van der Waals surface area (Å²) in [5.74, 6) is -1.09. The highest BCUT2D eigenvalue weighted by Gasteiger charge is 2.16. The molecule has 100 valence electrons.